The van der Waals surface area contributed by atoms with Gasteiger partial charge >= 0.3 is 0 Å². The smallest absolute Gasteiger partial charge is 0.230 e. The zero-order valence-electron chi connectivity index (χ0n) is 12.1. The Kier molecular flexibility index (Phi) is 3.47. The molecular weight excluding hydrogens is 286 g/mol. The Hall–Kier alpha value is -0.980. The number of amides is 1. The van der Waals surface area contributed by atoms with Crippen LogP contribution in [-0.2, 0) is 16.1 Å². The summed E-state index contributed by atoms with van der Waals surface area (Å²) < 4.78 is 5.87. The number of hydrogen-bond acceptors (Lipinski definition) is 5. The Morgan fingerprint density at radius 3 is 3.19 bits per heavy atom. The number of aromatic nitrogens is 1. The molecule has 1 amide bonds. The van der Waals surface area contributed by atoms with Crippen LogP contribution in [0, 0.1) is 5.41 Å². The van der Waals surface area contributed by atoms with Crippen LogP contribution in [-0.4, -0.2) is 47.6 Å². The zero-order chi connectivity index (χ0) is 14.3. The number of hydrogen-bond donors (Lipinski definition) is 1. The van der Waals surface area contributed by atoms with Gasteiger partial charge in [-0.1, -0.05) is 0 Å². The summed E-state index contributed by atoms with van der Waals surface area (Å²) in [6, 6.07) is 0.419. The zero-order valence-corrected chi connectivity index (χ0v) is 12.9. The van der Waals surface area contributed by atoms with Crippen LogP contribution < -0.4 is 5.32 Å². The first-order valence-corrected chi connectivity index (χ1v) is 8.67. The summed E-state index contributed by atoms with van der Waals surface area (Å²) in [5.41, 5.74) is -0.335. The Labute approximate surface area is 128 Å². The lowest BCUT2D eigenvalue weighted by Crippen LogP contribution is -2.57. The third-order valence-electron chi connectivity index (χ3n) is 4.90. The molecule has 2 aliphatic heterocycles. The van der Waals surface area contributed by atoms with Gasteiger partial charge in [0, 0.05) is 37.3 Å². The summed E-state index contributed by atoms with van der Waals surface area (Å²) in [5.74, 6) is 0.219. The van der Waals surface area contributed by atoms with Gasteiger partial charge in [-0.15, -0.1) is 11.3 Å². The van der Waals surface area contributed by atoms with E-state index < -0.39 is 0 Å². The fraction of sp³-hybridized carbons (Fsp3) is 0.733. The average molecular weight is 307 g/mol. The van der Waals surface area contributed by atoms with Crippen LogP contribution in [0.4, 0.5) is 0 Å². The molecule has 6 heteroatoms. The van der Waals surface area contributed by atoms with Gasteiger partial charge in [0.25, 0.3) is 0 Å². The van der Waals surface area contributed by atoms with Gasteiger partial charge in [0.2, 0.25) is 5.91 Å². The van der Waals surface area contributed by atoms with E-state index in [1.807, 2.05) is 11.6 Å². The minimum absolute atomic E-state index is 0.101. The number of nitrogens with one attached hydrogen (secondary N) is 1. The maximum atomic E-state index is 12.8. The van der Waals surface area contributed by atoms with Crippen molar-refractivity contribution in [1.29, 1.82) is 0 Å². The van der Waals surface area contributed by atoms with E-state index in [0.29, 0.717) is 12.6 Å². The standard InChI is InChI=1S/C15H21N3O2S/c19-14(17-11-1-2-11)15-4-7-20-12(15)3-6-18(10-15)9-13-16-5-8-21-13/h5,8,11-12H,1-4,6-7,9-10H2,(H,17,19)/t12-,15-/m0/s1. The maximum absolute atomic E-state index is 12.8. The number of likely N-dealkylation sites (tertiary alicyclic amines) is 1. The fourth-order valence-electron chi connectivity index (χ4n) is 3.57. The average Bonchev–Trinajstić information content (AvgIpc) is 3.00. The first-order valence-electron chi connectivity index (χ1n) is 7.79. The lowest BCUT2D eigenvalue weighted by Gasteiger charge is -2.42. The molecule has 0 unspecified atom stereocenters. The number of ether oxygens (including phenoxy) is 1. The second-order valence-corrected chi connectivity index (χ2v) is 7.42. The van der Waals surface area contributed by atoms with Crippen molar-refractivity contribution in [3.63, 3.8) is 0 Å². The Balaban J connectivity index is 1.49. The molecule has 3 aliphatic rings. The fourth-order valence-corrected chi connectivity index (χ4v) is 4.23. The van der Waals surface area contributed by atoms with Gasteiger partial charge in [-0.2, -0.15) is 0 Å². The molecule has 21 heavy (non-hydrogen) atoms. The first kappa shape index (κ1) is 13.7. The molecule has 0 radical (unpaired) electrons. The molecule has 1 aliphatic carbocycles. The summed E-state index contributed by atoms with van der Waals surface area (Å²) in [4.78, 5) is 19.5. The third-order valence-corrected chi connectivity index (χ3v) is 5.67. The highest BCUT2D eigenvalue weighted by Gasteiger charge is 2.53. The van der Waals surface area contributed by atoms with Crippen LogP contribution in [0.3, 0.4) is 0 Å². The third kappa shape index (κ3) is 2.60. The van der Waals surface area contributed by atoms with Crippen molar-refractivity contribution in [2.45, 2.75) is 44.4 Å². The molecule has 0 aromatic carbocycles. The molecular formula is C15H21N3O2S. The van der Waals surface area contributed by atoms with E-state index in [2.05, 4.69) is 15.2 Å². The number of thiazole rings is 1. The minimum atomic E-state index is -0.335. The minimum Gasteiger partial charge on any atom is -0.377 e. The first-order chi connectivity index (χ1) is 10.3. The second kappa shape index (κ2) is 5.34. The van der Waals surface area contributed by atoms with E-state index in [1.165, 1.54) is 0 Å². The van der Waals surface area contributed by atoms with Crippen LogP contribution in [0.25, 0.3) is 0 Å². The second-order valence-electron chi connectivity index (χ2n) is 6.44. The van der Waals surface area contributed by atoms with Gasteiger partial charge in [-0.05, 0) is 25.7 Å². The van der Waals surface area contributed by atoms with Gasteiger partial charge in [-0.3, -0.25) is 9.69 Å². The number of fused-ring (bicyclic) bond motifs is 1. The number of nitrogens with zero attached hydrogens (tertiary/aromatic N) is 2. The SMILES string of the molecule is O=C(NC1CC1)[C@]12CCO[C@H]1CCN(Cc1nccs1)C2. The highest BCUT2D eigenvalue weighted by atomic mass is 32.1. The van der Waals surface area contributed by atoms with Crippen LogP contribution in [0.5, 0.6) is 0 Å². The van der Waals surface area contributed by atoms with Crippen molar-refractivity contribution >= 4 is 17.2 Å². The van der Waals surface area contributed by atoms with Gasteiger partial charge in [-0.25, -0.2) is 4.98 Å². The monoisotopic (exact) mass is 307 g/mol. The van der Waals surface area contributed by atoms with E-state index in [1.54, 1.807) is 11.3 Å². The molecule has 2 saturated heterocycles. The lowest BCUT2D eigenvalue weighted by atomic mass is 9.75. The van der Waals surface area contributed by atoms with Gasteiger partial charge in [0.1, 0.15) is 5.01 Å². The number of rotatable bonds is 4. The molecule has 1 aromatic heterocycles. The van der Waals surface area contributed by atoms with E-state index in [4.69, 9.17) is 4.74 Å². The van der Waals surface area contributed by atoms with Crippen LogP contribution in [0.1, 0.15) is 30.7 Å². The quantitative estimate of drug-likeness (QED) is 0.913. The summed E-state index contributed by atoms with van der Waals surface area (Å²) in [6.07, 6.45) is 6.02. The molecule has 1 aromatic rings. The molecule has 114 valence electrons. The van der Waals surface area contributed by atoms with Crippen molar-refractivity contribution in [2.24, 2.45) is 5.41 Å². The van der Waals surface area contributed by atoms with Crippen molar-refractivity contribution in [1.82, 2.24) is 15.2 Å². The summed E-state index contributed by atoms with van der Waals surface area (Å²) in [5, 5.41) is 6.35. The molecule has 3 fully saturated rings. The van der Waals surface area contributed by atoms with Gasteiger partial charge < -0.3 is 10.1 Å². The van der Waals surface area contributed by atoms with Crippen LogP contribution in [0.2, 0.25) is 0 Å². The Morgan fingerprint density at radius 1 is 1.52 bits per heavy atom. The summed E-state index contributed by atoms with van der Waals surface area (Å²) in [6.45, 7) is 3.36. The summed E-state index contributed by atoms with van der Waals surface area (Å²) in [7, 11) is 0. The van der Waals surface area contributed by atoms with Gasteiger partial charge in [0.05, 0.1) is 18.1 Å². The van der Waals surface area contributed by atoms with Crippen molar-refractivity contribution in [2.75, 3.05) is 19.7 Å². The lowest BCUT2D eigenvalue weighted by molar-refractivity contribution is -0.139. The molecule has 2 atom stereocenters. The van der Waals surface area contributed by atoms with Crippen LogP contribution >= 0.6 is 11.3 Å². The largest absolute Gasteiger partial charge is 0.377 e. The highest BCUT2D eigenvalue weighted by Crippen LogP contribution is 2.42. The van der Waals surface area contributed by atoms with Crippen molar-refractivity contribution in [3.8, 4) is 0 Å². The molecule has 0 bridgehead atoms. The predicted octanol–water partition coefficient (Wildman–Crippen LogP) is 1.40. The van der Waals surface area contributed by atoms with E-state index >= 15 is 0 Å². The molecule has 3 heterocycles. The normalized spacial score (nSPS) is 32.9. The molecule has 5 nitrogen and oxygen atoms in total. The van der Waals surface area contributed by atoms with Crippen molar-refractivity contribution in [3.05, 3.63) is 16.6 Å². The molecule has 1 saturated carbocycles. The molecule has 0 spiro atoms. The van der Waals surface area contributed by atoms with E-state index in [0.717, 1.165) is 50.3 Å². The van der Waals surface area contributed by atoms with Crippen molar-refractivity contribution < 1.29 is 9.53 Å². The molecule has 4 rings (SSSR count). The topological polar surface area (TPSA) is 54.5 Å². The predicted molar refractivity (Wildman–Crippen MR) is 80.0 cm³/mol. The molecule has 1 N–H and O–H groups in total. The Bertz CT molecular complexity index is 517. The number of piperidine rings is 1. The number of carbonyl (C=O) groups is 1. The van der Waals surface area contributed by atoms with Gasteiger partial charge in [0.15, 0.2) is 0 Å². The maximum Gasteiger partial charge on any atom is 0.230 e. The highest BCUT2D eigenvalue weighted by molar-refractivity contribution is 7.09. The van der Waals surface area contributed by atoms with E-state index in [-0.39, 0.29) is 17.4 Å². The number of carbonyl (C=O) groups excluding carboxylic acids is 1. The summed E-state index contributed by atoms with van der Waals surface area (Å²) >= 11 is 1.69. The Morgan fingerprint density at radius 2 is 2.43 bits per heavy atom. The van der Waals surface area contributed by atoms with E-state index in [9.17, 15) is 4.79 Å². The van der Waals surface area contributed by atoms with Crippen LogP contribution in [0.15, 0.2) is 11.6 Å².